The van der Waals surface area contributed by atoms with Gasteiger partial charge in [0.25, 0.3) is 0 Å². The minimum absolute atomic E-state index is 0.0431. The van der Waals surface area contributed by atoms with E-state index in [0.29, 0.717) is 19.1 Å². The molecule has 24 heavy (non-hydrogen) atoms. The predicted molar refractivity (Wildman–Crippen MR) is 95.7 cm³/mol. The maximum absolute atomic E-state index is 12.5. The van der Waals surface area contributed by atoms with Gasteiger partial charge in [-0.2, -0.15) is 0 Å². The Bertz CT molecular complexity index is 446. The molecule has 2 rings (SSSR count). The maximum atomic E-state index is 12.5. The van der Waals surface area contributed by atoms with E-state index in [-0.39, 0.29) is 17.9 Å². The van der Waals surface area contributed by atoms with Crippen molar-refractivity contribution in [3.05, 3.63) is 12.7 Å². The molecule has 0 aromatic rings. The van der Waals surface area contributed by atoms with Crippen LogP contribution in [0.3, 0.4) is 0 Å². The Kier molecular flexibility index (Phi) is 7.24. The van der Waals surface area contributed by atoms with Gasteiger partial charge in [-0.1, -0.05) is 6.08 Å². The highest BCUT2D eigenvalue weighted by molar-refractivity contribution is 5.81. The zero-order valence-electron chi connectivity index (χ0n) is 15.2. The van der Waals surface area contributed by atoms with E-state index < -0.39 is 0 Å². The van der Waals surface area contributed by atoms with Crippen molar-refractivity contribution in [1.29, 1.82) is 0 Å². The van der Waals surface area contributed by atoms with Gasteiger partial charge in [-0.15, -0.1) is 6.58 Å². The summed E-state index contributed by atoms with van der Waals surface area (Å²) in [6.45, 7) is 13.0. The number of carbonyl (C=O) groups excluding carboxylic acids is 2. The minimum Gasteiger partial charge on any atom is -0.351 e. The smallest absolute Gasteiger partial charge is 0.237 e. The number of amides is 2. The largest absolute Gasteiger partial charge is 0.351 e. The minimum atomic E-state index is -0.134. The molecule has 0 spiro atoms. The van der Waals surface area contributed by atoms with E-state index in [9.17, 15) is 9.59 Å². The van der Waals surface area contributed by atoms with Crippen LogP contribution in [0.15, 0.2) is 12.7 Å². The quantitative estimate of drug-likeness (QED) is 0.726. The molecular weight excluding hydrogens is 304 g/mol. The normalized spacial score (nSPS) is 24.4. The fourth-order valence-corrected chi connectivity index (χ4v) is 3.55. The van der Waals surface area contributed by atoms with Gasteiger partial charge < -0.3 is 10.2 Å². The molecule has 1 N–H and O–H groups in total. The van der Waals surface area contributed by atoms with Crippen molar-refractivity contribution in [2.24, 2.45) is 0 Å². The first-order valence-corrected chi connectivity index (χ1v) is 9.17. The molecule has 0 aliphatic carbocycles. The van der Waals surface area contributed by atoms with Gasteiger partial charge in [-0.25, -0.2) is 0 Å². The van der Waals surface area contributed by atoms with Crippen LogP contribution in [0.1, 0.15) is 33.1 Å². The van der Waals surface area contributed by atoms with E-state index in [1.165, 1.54) is 6.42 Å². The Morgan fingerprint density at radius 3 is 2.54 bits per heavy atom. The molecule has 0 saturated carbocycles. The summed E-state index contributed by atoms with van der Waals surface area (Å²) in [4.78, 5) is 31.0. The Hall–Kier alpha value is -1.40. The van der Waals surface area contributed by atoms with Crippen LogP contribution >= 0.6 is 0 Å². The molecular formula is C18H32N4O2. The van der Waals surface area contributed by atoms with Crippen LogP contribution in [-0.2, 0) is 9.59 Å². The number of hydrogen-bond acceptors (Lipinski definition) is 4. The number of nitrogens with zero attached hydrogens (tertiary/aromatic N) is 3. The van der Waals surface area contributed by atoms with Gasteiger partial charge in [0.15, 0.2) is 0 Å². The number of hydrogen-bond donors (Lipinski definition) is 1. The van der Waals surface area contributed by atoms with Crippen LogP contribution in [0, 0.1) is 0 Å². The van der Waals surface area contributed by atoms with Gasteiger partial charge >= 0.3 is 0 Å². The third-order valence-corrected chi connectivity index (χ3v) is 5.24. The van der Waals surface area contributed by atoms with Gasteiger partial charge in [0.2, 0.25) is 11.8 Å². The molecule has 2 amide bonds. The first-order valence-electron chi connectivity index (χ1n) is 9.17. The summed E-state index contributed by atoms with van der Waals surface area (Å²) >= 11 is 0. The Morgan fingerprint density at radius 2 is 1.92 bits per heavy atom. The van der Waals surface area contributed by atoms with Crippen LogP contribution in [0.2, 0.25) is 0 Å². The van der Waals surface area contributed by atoms with E-state index in [0.717, 1.165) is 45.6 Å². The van der Waals surface area contributed by atoms with E-state index in [1.54, 1.807) is 6.08 Å². The zero-order chi connectivity index (χ0) is 17.5. The van der Waals surface area contributed by atoms with Crippen molar-refractivity contribution in [1.82, 2.24) is 20.0 Å². The molecule has 2 aliphatic rings. The molecule has 2 saturated heterocycles. The monoisotopic (exact) mass is 336 g/mol. The second-order valence-electron chi connectivity index (χ2n) is 6.95. The average Bonchev–Trinajstić information content (AvgIpc) is 2.60. The molecule has 2 atom stereocenters. The van der Waals surface area contributed by atoms with E-state index in [1.807, 2.05) is 11.8 Å². The highest BCUT2D eigenvalue weighted by atomic mass is 16.2. The van der Waals surface area contributed by atoms with Crippen molar-refractivity contribution in [3.63, 3.8) is 0 Å². The van der Waals surface area contributed by atoms with E-state index in [2.05, 4.69) is 28.6 Å². The van der Waals surface area contributed by atoms with E-state index >= 15 is 0 Å². The predicted octanol–water partition coefficient (Wildman–Crippen LogP) is 0.696. The number of carbonyl (C=O) groups is 2. The lowest BCUT2D eigenvalue weighted by Crippen LogP contribution is -2.56. The van der Waals surface area contributed by atoms with Crippen LogP contribution in [-0.4, -0.2) is 84.4 Å². The molecule has 0 aromatic carbocycles. The van der Waals surface area contributed by atoms with Crippen molar-refractivity contribution in [2.75, 3.05) is 45.8 Å². The lowest BCUT2D eigenvalue weighted by atomic mass is 10.0. The summed E-state index contributed by atoms with van der Waals surface area (Å²) in [6.07, 6.45) is 5.17. The molecule has 0 bridgehead atoms. The van der Waals surface area contributed by atoms with Crippen LogP contribution in [0.4, 0.5) is 0 Å². The van der Waals surface area contributed by atoms with Gasteiger partial charge in [0.1, 0.15) is 0 Å². The summed E-state index contributed by atoms with van der Waals surface area (Å²) in [5.41, 5.74) is 0. The highest BCUT2D eigenvalue weighted by Gasteiger charge is 2.28. The van der Waals surface area contributed by atoms with Crippen molar-refractivity contribution < 1.29 is 9.59 Å². The van der Waals surface area contributed by atoms with Crippen molar-refractivity contribution >= 4 is 11.8 Å². The third-order valence-electron chi connectivity index (χ3n) is 5.24. The molecule has 2 heterocycles. The molecule has 2 fully saturated rings. The lowest BCUT2D eigenvalue weighted by Gasteiger charge is -2.39. The number of piperidine rings is 1. The average molecular weight is 336 g/mol. The molecule has 6 heteroatoms. The van der Waals surface area contributed by atoms with E-state index in [4.69, 9.17) is 0 Å². The molecule has 6 nitrogen and oxygen atoms in total. The van der Waals surface area contributed by atoms with Crippen molar-refractivity contribution in [3.8, 4) is 0 Å². The Balaban J connectivity index is 1.75. The first-order chi connectivity index (χ1) is 11.5. The molecule has 2 aliphatic heterocycles. The van der Waals surface area contributed by atoms with Crippen LogP contribution in [0.25, 0.3) is 0 Å². The van der Waals surface area contributed by atoms with Gasteiger partial charge in [-0.05, 0) is 33.1 Å². The number of piperazine rings is 1. The second kappa shape index (κ2) is 9.18. The molecule has 0 radical (unpaired) electrons. The number of likely N-dealkylation sites (tertiary alicyclic amines) is 1. The lowest BCUT2D eigenvalue weighted by molar-refractivity contribution is -0.136. The fourth-order valence-electron chi connectivity index (χ4n) is 3.55. The van der Waals surface area contributed by atoms with Gasteiger partial charge in [-0.3, -0.25) is 19.4 Å². The topological polar surface area (TPSA) is 55.9 Å². The first kappa shape index (κ1) is 18.9. The Labute approximate surface area is 145 Å². The fraction of sp³-hybridized carbons (Fsp3) is 0.778. The molecule has 2 unspecified atom stereocenters. The summed E-state index contributed by atoms with van der Waals surface area (Å²) in [5.74, 6) is 0.300. The summed E-state index contributed by atoms with van der Waals surface area (Å²) in [6, 6.07) is 0.242. The second-order valence-corrected chi connectivity index (χ2v) is 6.95. The van der Waals surface area contributed by atoms with Crippen LogP contribution in [0.5, 0.6) is 0 Å². The van der Waals surface area contributed by atoms with Crippen LogP contribution < -0.4 is 5.32 Å². The molecule has 136 valence electrons. The molecule has 0 aromatic heterocycles. The summed E-state index contributed by atoms with van der Waals surface area (Å²) < 4.78 is 0. The third kappa shape index (κ3) is 5.05. The Morgan fingerprint density at radius 1 is 1.21 bits per heavy atom. The van der Waals surface area contributed by atoms with Gasteiger partial charge in [0, 0.05) is 45.3 Å². The summed E-state index contributed by atoms with van der Waals surface area (Å²) in [5, 5.41) is 2.85. The number of rotatable bonds is 6. The summed E-state index contributed by atoms with van der Waals surface area (Å²) in [7, 11) is 0. The SMILES string of the molecule is C=CCNC(=O)C(C)N1CCN(CC(=O)N2CCCCC2C)CC1. The maximum Gasteiger partial charge on any atom is 0.237 e. The standard InChI is InChI=1S/C18H32N4O2/c1-4-8-19-18(24)16(3)21-12-10-20(11-13-21)14-17(23)22-9-6-5-7-15(22)2/h4,15-16H,1,5-14H2,2-3H3,(H,19,24). The van der Waals surface area contributed by atoms with Crippen molar-refractivity contribution in [2.45, 2.75) is 45.2 Å². The highest BCUT2D eigenvalue weighted by Crippen LogP contribution is 2.17. The number of nitrogens with one attached hydrogen (secondary N) is 1. The zero-order valence-corrected chi connectivity index (χ0v) is 15.2. The van der Waals surface area contributed by atoms with Gasteiger partial charge in [0.05, 0.1) is 12.6 Å².